The van der Waals surface area contributed by atoms with Crippen molar-refractivity contribution in [2.45, 2.75) is 124 Å². The first kappa shape index (κ1) is 96.9. The minimum atomic E-state index is -1.13. The predicted molar refractivity (Wildman–Crippen MR) is 519 cm³/mol. The Morgan fingerprint density at radius 3 is 1.25 bits per heavy atom. The van der Waals surface area contributed by atoms with Gasteiger partial charge in [-0.05, 0) is 318 Å². The number of carboxylic acids is 2. The van der Waals surface area contributed by atoms with Gasteiger partial charge in [0.1, 0.15) is 18.0 Å². The minimum Gasteiger partial charge on any atom is -0.505 e. The molecule has 16 nitrogen and oxygen atoms in total. The van der Waals surface area contributed by atoms with Crippen LogP contribution in [0.25, 0.3) is 71.4 Å². The summed E-state index contributed by atoms with van der Waals surface area (Å²) in [5, 5.41) is 54.2. The predicted octanol–water partition coefficient (Wildman–Crippen LogP) is 27.0. The van der Waals surface area contributed by atoms with Crippen LogP contribution in [-0.4, -0.2) is 98.2 Å². The smallest absolute Gasteiger partial charge is 0.340 e. The van der Waals surface area contributed by atoms with Crippen molar-refractivity contribution >= 4 is 290 Å². The summed E-state index contributed by atoms with van der Waals surface area (Å²) >= 11 is 56.0. The molecule has 1 saturated heterocycles. The molecule has 0 unspecified atom stereocenters. The van der Waals surface area contributed by atoms with E-state index in [9.17, 15) is 53.4 Å². The number of hydrogen-bond acceptors (Lipinski definition) is 19. The molecule has 0 spiro atoms. The first-order valence-electron chi connectivity index (χ1n) is 39.1. The molecule has 7 aromatic heterocycles. The molecule has 15 aromatic rings. The molecule has 30 heteroatoms. The van der Waals surface area contributed by atoms with Gasteiger partial charge in [-0.15, -0.1) is 79.6 Å². The third kappa shape index (κ3) is 25.8. The van der Waals surface area contributed by atoms with E-state index in [0.29, 0.717) is 66.5 Å². The zero-order valence-corrected chi connectivity index (χ0v) is 77.5. The molecule has 19 rings (SSSR count). The number of carboxylic acid groups (broad SMARTS) is 2. The number of anilines is 1. The van der Waals surface area contributed by atoms with Gasteiger partial charge in [0.15, 0.2) is 17.3 Å². The number of fused-ring (bicyclic) bond motifs is 12. The number of halogens is 8. The number of aliphatic carboxylic acids is 1. The van der Waals surface area contributed by atoms with Gasteiger partial charge >= 0.3 is 17.9 Å². The summed E-state index contributed by atoms with van der Waals surface area (Å²) in [5.41, 5.74) is 13.0. The van der Waals surface area contributed by atoms with Crippen molar-refractivity contribution in [2.24, 2.45) is 0 Å². The molecule has 648 valence electrons. The molecule has 2 aliphatic carbocycles. The highest BCUT2D eigenvalue weighted by molar-refractivity contribution is 7.19. The number of ether oxygens (including phenoxy) is 2. The van der Waals surface area contributed by atoms with Gasteiger partial charge in [0, 0.05) is 116 Å². The normalized spacial score (nSPS) is 12.8. The van der Waals surface area contributed by atoms with Crippen molar-refractivity contribution in [3.63, 3.8) is 0 Å². The molecular formula is C95H82Cl8N2O14S6. The molecule has 4 aliphatic rings. The van der Waals surface area contributed by atoms with E-state index in [2.05, 4.69) is 10.1 Å². The Morgan fingerprint density at radius 1 is 0.464 bits per heavy atom. The highest BCUT2D eigenvalue weighted by Gasteiger charge is 2.32. The van der Waals surface area contributed by atoms with Crippen LogP contribution in [-0.2, 0) is 107 Å². The summed E-state index contributed by atoms with van der Waals surface area (Å²) in [4.78, 5) is 105. The number of esters is 1. The van der Waals surface area contributed by atoms with Gasteiger partial charge in [-0.3, -0.25) is 38.4 Å². The molecule has 4 N–H and O–H groups in total. The fourth-order valence-electron chi connectivity index (χ4n) is 14.5. The van der Waals surface area contributed by atoms with Crippen molar-refractivity contribution in [1.29, 1.82) is 0 Å². The second-order valence-corrected chi connectivity index (χ2v) is 38.0. The van der Waals surface area contributed by atoms with E-state index in [-0.39, 0.29) is 73.1 Å². The lowest BCUT2D eigenvalue weighted by molar-refractivity contribution is -0.145. The summed E-state index contributed by atoms with van der Waals surface area (Å²) in [6.07, 6.45) is 12.8. The average molecular weight is 1950 g/mol. The first-order valence-corrected chi connectivity index (χ1v) is 47.6. The van der Waals surface area contributed by atoms with Crippen LogP contribution >= 0.6 is 161 Å². The van der Waals surface area contributed by atoms with Gasteiger partial charge in [0.05, 0.1) is 34.8 Å². The number of aromatic nitrogens is 1. The number of alkyl halides is 1. The molecule has 1 fully saturated rings. The number of benzene rings is 8. The second kappa shape index (κ2) is 45.8. The van der Waals surface area contributed by atoms with E-state index < -0.39 is 29.6 Å². The van der Waals surface area contributed by atoms with Gasteiger partial charge in [0.25, 0.3) is 11.7 Å². The fourth-order valence-corrected chi connectivity index (χ4v) is 21.4. The van der Waals surface area contributed by atoms with Gasteiger partial charge in [0.2, 0.25) is 5.24 Å². The average Bonchev–Trinajstić information content (AvgIpc) is 1.57. The molecule has 2 aliphatic heterocycles. The monoisotopic (exact) mass is 1950 g/mol. The number of aromatic hydroxyl groups is 1. The maximum Gasteiger partial charge on any atom is 0.340 e. The Hall–Kier alpha value is -8.76. The lowest BCUT2D eigenvalue weighted by Crippen LogP contribution is -2.13. The zero-order chi connectivity index (χ0) is 88.4. The van der Waals surface area contributed by atoms with E-state index in [1.54, 1.807) is 87.1 Å². The van der Waals surface area contributed by atoms with E-state index >= 15 is 0 Å². The Labute approximate surface area is 784 Å². The van der Waals surface area contributed by atoms with Crippen molar-refractivity contribution in [3.8, 4) is 5.75 Å². The van der Waals surface area contributed by atoms with Crippen molar-refractivity contribution in [3.05, 3.63) is 268 Å². The van der Waals surface area contributed by atoms with Crippen LogP contribution in [0.5, 0.6) is 5.75 Å². The number of rotatable bonds is 16. The maximum atomic E-state index is 12.0. The molecule has 1 amide bonds. The largest absolute Gasteiger partial charge is 0.505 e. The molecule has 0 saturated carbocycles. The number of carbonyl (C=O) groups is 9. The highest BCUT2D eigenvalue weighted by Crippen LogP contribution is 2.41. The first-order chi connectivity index (χ1) is 59.6. The summed E-state index contributed by atoms with van der Waals surface area (Å²) in [6.45, 7) is 4.72. The van der Waals surface area contributed by atoms with Crippen LogP contribution in [0.4, 0.5) is 5.69 Å². The quantitative estimate of drug-likeness (QED) is 0.0303. The molecule has 0 atom stereocenters. The third-order valence-corrected chi connectivity index (χ3v) is 28.2. The molecule has 125 heavy (non-hydrogen) atoms. The minimum absolute atomic E-state index is 0. The van der Waals surface area contributed by atoms with Crippen LogP contribution in [0.15, 0.2) is 166 Å². The number of amides is 1. The van der Waals surface area contributed by atoms with Crippen LogP contribution in [0.2, 0.25) is 30.1 Å². The van der Waals surface area contributed by atoms with Crippen LogP contribution < -0.4 is 5.32 Å². The number of aryl methyl sites for hydroxylation is 3. The topological polar surface area (TPSA) is 258 Å². The number of hydrogen-bond donors (Lipinski definition) is 4. The Balaban J connectivity index is 0.000000143. The van der Waals surface area contributed by atoms with Gasteiger partial charge in [-0.2, -0.15) is 0 Å². The van der Waals surface area contributed by atoms with E-state index in [4.69, 9.17) is 108 Å². The van der Waals surface area contributed by atoms with Crippen molar-refractivity contribution < 1.29 is 67.9 Å². The second-order valence-electron chi connectivity index (χ2n) is 29.2. The lowest BCUT2D eigenvalue weighted by atomic mass is 9.88. The summed E-state index contributed by atoms with van der Waals surface area (Å²) in [6, 6.07) is 41.6. The van der Waals surface area contributed by atoms with E-state index in [1.807, 2.05) is 154 Å². The number of thiophene rings is 6. The maximum absolute atomic E-state index is 12.0. The molecule has 8 aromatic carbocycles. The standard InChI is InChI=1S/C23H18ClNO3S.C13H11ClO3S.C12H11NO2.C11H8Cl2OS.C11H9ClOS.C10H6Cl2OS.C10H7ClO2S.C4H8O.CH4/c24-14-6-8-19-17(10-14)13(11-29-19)9-18-22(26)20(23(27)28)16-7-5-12-3-1-2-4-15(12)21(16)25-18;1-8(15)17-6-11(16)4-9-7-18-13-3-2-10(14)5-12(9)13;14-11-9-6-5-7-3-1-2-4-8(7)10(9)13-12(11)15;12-5-9(14)3-7-6-15-11-2-1-8(13)4-10(7)11;1-7(13)4-8-6-14-11-3-2-9(12)5-10(8)11;2*11-7-1-2-9-8(4-7)6(5-14-9)3-10(12)13;1-2-4-5-3-1;/h5-8,10-11,26H,1-4,9H2,(H,27,28);2-3,5,7H,4,6H2,1H3;5-6H,1-4H2,(H,13,14,15);1-2,4,6H,3,5H2;2-3,5-6H,4H2,1H3;1-2,4-5H,3H2;1-2,4-5H,3H2,(H,12,13);1-4H2;1H4. The van der Waals surface area contributed by atoms with Gasteiger partial charge in [-0.1, -0.05) is 95.2 Å². The number of Topliss-reactive ketones (excluding diaryl/α,β-unsaturated/α-hetero) is 4. The molecule has 0 bridgehead atoms. The lowest BCUT2D eigenvalue weighted by Gasteiger charge is -2.19. The zero-order valence-electron chi connectivity index (χ0n) is 66.6. The number of ketones is 4. The van der Waals surface area contributed by atoms with E-state index in [0.717, 1.165) is 164 Å². The summed E-state index contributed by atoms with van der Waals surface area (Å²) in [5.74, 6) is -3.34. The van der Waals surface area contributed by atoms with Gasteiger partial charge < -0.3 is 30.1 Å². The molecule has 9 heterocycles. The highest BCUT2D eigenvalue weighted by atomic mass is 35.5. The summed E-state index contributed by atoms with van der Waals surface area (Å²) in [7, 11) is 0. The SMILES string of the molecule is C.C1CCOC1.CC(=O)Cc1csc2ccc(Cl)cc12.CC(=O)OCC(=O)Cc1csc2ccc(Cl)cc12.O=C(CCl)Cc1csc2ccc(Cl)cc12.O=C(Cl)Cc1csc2ccc(Cl)cc12.O=C(O)Cc1csc2ccc(Cl)cc12.O=C(O)c1c(O)c(Cc2csc3ccc(Cl)cc23)nc2c3c(ccc12)CCCC3.O=C1Nc2c(ccc3c2CCCC3)C1=O. The number of pyridine rings is 1. The van der Waals surface area contributed by atoms with Crippen molar-refractivity contribution in [1.82, 2.24) is 4.98 Å². The number of carbonyl (C=O) groups excluding carboxylic acids is 7. The van der Waals surface area contributed by atoms with Crippen molar-refractivity contribution in [2.75, 3.05) is 31.0 Å². The fraction of sp³-hybridized carbons (Fsp3) is 0.242. The Bertz CT molecular complexity index is 6330. The van der Waals surface area contributed by atoms with Crippen LogP contribution in [0.3, 0.4) is 0 Å². The van der Waals surface area contributed by atoms with Gasteiger partial charge in [-0.25, -0.2) is 9.78 Å². The molecular weight excluding hydrogens is 1870 g/mol. The Morgan fingerprint density at radius 2 is 0.848 bits per heavy atom. The summed E-state index contributed by atoms with van der Waals surface area (Å²) < 4.78 is 16.3. The Kier molecular flexibility index (Phi) is 35.5. The number of nitrogens with zero attached hydrogens (tertiary/aromatic N) is 1. The number of aromatic carboxylic acids is 1. The van der Waals surface area contributed by atoms with E-state index in [1.165, 1.54) is 47.6 Å². The molecule has 0 radical (unpaired) electrons. The van der Waals surface area contributed by atoms with Crippen LogP contribution in [0.1, 0.15) is 142 Å². The van der Waals surface area contributed by atoms with Crippen LogP contribution in [0, 0.1) is 0 Å². The third-order valence-electron chi connectivity index (χ3n) is 20.3. The number of nitrogens with one attached hydrogen (secondary N) is 1.